The van der Waals surface area contributed by atoms with E-state index >= 15 is 0 Å². The second-order valence-electron chi connectivity index (χ2n) is 5.32. The van der Waals surface area contributed by atoms with E-state index in [-0.39, 0.29) is 10.8 Å². The smallest absolute Gasteiger partial charge is 0.207 e. The number of hydrogen-bond acceptors (Lipinski definition) is 5. The average Bonchev–Trinajstić information content (AvgIpc) is 2.94. The highest BCUT2D eigenvalue weighted by molar-refractivity contribution is 7.89. The number of rotatable bonds is 3. The molecule has 22 heavy (non-hydrogen) atoms. The normalized spacial score (nSPS) is 20.2. The molecule has 0 saturated carbocycles. The standard InChI is InChI=1S/C14H16FN3O2S2/c1-10-16-17-14(21-10)11-3-2-8-18(9-11)22(19,20)13-6-4-12(15)5-7-13/h4-7,11H,2-3,8-9H2,1H3. The van der Waals surface area contributed by atoms with Crippen LogP contribution in [0.2, 0.25) is 0 Å². The highest BCUT2D eigenvalue weighted by atomic mass is 32.2. The van der Waals surface area contributed by atoms with Crippen LogP contribution in [0.3, 0.4) is 0 Å². The molecule has 0 amide bonds. The van der Waals surface area contributed by atoms with Gasteiger partial charge >= 0.3 is 0 Å². The van der Waals surface area contributed by atoms with Crippen molar-refractivity contribution < 1.29 is 12.8 Å². The molecular formula is C14H16FN3O2S2. The van der Waals surface area contributed by atoms with Crippen LogP contribution in [0.25, 0.3) is 0 Å². The van der Waals surface area contributed by atoms with Crippen LogP contribution < -0.4 is 0 Å². The minimum atomic E-state index is -3.59. The van der Waals surface area contributed by atoms with E-state index in [1.807, 2.05) is 6.92 Å². The van der Waals surface area contributed by atoms with Gasteiger partial charge in [0.05, 0.1) is 4.90 Å². The van der Waals surface area contributed by atoms with E-state index in [1.54, 1.807) is 0 Å². The maximum atomic E-state index is 13.0. The van der Waals surface area contributed by atoms with Gasteiger partial charge in [-0.3, -0.25) is 0 Å². The van der Waals surface area contributed by atoms with Crippen molar-refractivity contribution in [3.8, 4) is 0 Å². The third-order valence-electron chi connectivity index (χ3n) is 3.73. The zero-order chi connectivity index (χ0) is 15.7. The Kier molecular flexibility index (Phi) is 4.24. The van der Waals surface area contributed by atoms with Crippen LogP contribution in [0, 0.1) is 12.7 Å². The molecule has 118 valence electrons. The van der Waals surface area contributed by atoms with Crippen molar-refractivity contribution in [1.82, 2.24) is 14.5 Å². The summed E-state index contributed by atoms with van der Waals surface area (Å²) in [5.41, 5.74) is 0. The molecule has 2 aromatic rings. The van der Waals surface area contributed by atoms with E-state index < -0.39 is 15.8 Å². The summed E-state index contributed by atoms with van der Waals surface area (Å²) in [6.07, 6.45) is 1.69. The minimum Gasteiger partial charge on any atom is -0.207 e. The van der Waals surface area contributed by atoms with Gasteiger partial charge in [0.15, 0.2) is 0 Å². The molecule has 0 aliphatic carbocycles. The topological polar surface area (TPSA) is 63.2 Å². The molecule has 0 bridgehead atoms. The molecule has 1 saturated heterocycles. The van der Waals surface area contributed by atoms with E-state index in [2.05, 4.69) is 10.2 Å². The Hall–Kier alpha value is -1.38. The van der Waals surface area contributed by atoms with Crippen LogP contribution in [0.4, 0.5) is 4.39 Å². The molecule has 0 N–H and O–H groups in total. The van der Waals surface area contributed by atoms with Crippen molar-refractivity contribution in [2.45, 2.75) is 30.6 Å². The van der Waals surface area contributed by atoms with Crippen molar-refractivity contribution in [2.75, 3.05) is 13.1 Å². The average molecular weight is 341 g/mol. The van der Waals surface area contributed by atoms with Crippen molar-refractivity contribution in [2.24, 2.45) is 0 Å². The molecular weight excluding hydrogens is 325 g/mol. The molecule has 1 fully saturated rings. The first-order chi connectivity index (χ1) is 10.5. The van der Waals surface area contributed by atoms with Crippen LogP contribution in [-0.2, 0) is 10.0 Å². The Morgan fingerprint density at radius 1 is 1.27 bits per heavy atom. The summed E-state index contributed by atoms with van der Waals surface area (Å²) < 4.78 is 39.7. The van der Waals surface area contributed by atoms with Crippen LogP contribution in [0.1, 0.15) is 28.8 Å². The van der Waals surface area contributed by atoms with Crippen LogP contribution in [-0.4, -0.2) is 36.0 Å². The van der Waals surface area contributed by atoms with E-state index in [0.717, 1.165) is 22.9 Å². The molecule has 1 aliphatic heterocycles. The predicted octanol–water partition coefficient (Wildman–Crippen LogP) is 2.55. The number of aromatic nitrogens is 2. The molecule has 1 atom stereocenters. The number of benzene rings is 1. The summed E-state index contributed by atoms with van der Waals surface area (Å²) in [6.45, 7) is 2.76. The van der Waals surface area contributed by atoms with Gasteiger partial charge < -0.3 is 0 Å². The van der Waals surface area contributed by atoms with Gasteiger partial charge in [-0.25, -0.2) is 12.8 Å². The maximum Gasteiger partial charge on any atom is 0.243 e. The zero-order valence-electron chi connectivity index (χ0n) is 12.1. The second-order valence-corrected chi connectivity index (χ2v) is 8.47. The number of nitrogens with zero attached hydrogens (tertiary/aromatic N) is 3. The zero-order valence-corrected chi connectivity index (χ0v) is 13.7. The van der Waals surface area contributed by atoms with Gasteiger partial charge in [0.2, 0.25) is 10.0 Å². The number of sulfonamides is 1. The molecule has 0 radical (unpaired) electrons. The van der Waals surface area contributed by atoms with Crippen molar-refractivity contribution in [1.29, 1.82) is 0 Å². The molecule has 2 heterocycles. The van der Waals surface area contributed by atoms with Gasteiger partial charge in [-0.15, -0.1) is 21.5 Å². The van der Waals surface area contributed by atoms with Gasteiger partial charge in [0, 0.05) is 19.0 Å². The summed E-state index contributed by atoms with van der Waals surface area (Å²) in [5, 5.41) is 9.91. The highest BCUT2D eigenvalue weighted by Crippen LogP contribution is 2.31. The van der Waals surface area contributed by atoms with Gasteiger partial charge in [-0.1, -0.05) is 0 Å². The first-order valence-electron chi connectivity index (χ1n) is 7.02. The summed E-state index contributed by atoms with van der Waals surface area (Å²) in [6, 6.07) is 4.96. The summed E-state index contributed by atoms with van der Waals surface area (Å²) in [7, 11) is -3.59. The molecule has 1 aliphatic rings. The lowest BCUT2D eigenvalue weighted by Crippen LogP contribution is -2.39. The van der Waals surface area contributed by atoms with Crippen molar-refractivity contribution >= 4 is 21.4 Å². The van der Waals surface area contributed by atoms with Crippen LogP contribution >= 0.6 is 11.3 Å². The number of hydrogen-bond donors (Lipinski definition) is 0. The third-order valence-corrected chi connectivity index (χ3v) is 6.61. The van der Waals surface area contributed by atoms with Crippen molar-refractivity contribution in [3.05, 3.63) is 40.1 Å². The quantitative estimate of drug-likeness (QED) is 0.861. The lowest BCUT2D eigenvalue weighted by atomic mass is 10.0. The SMILES string of the molecule is Cc1nnc(C2CCCN(S(=O)(=O)c3ccc(F)cc3)C2)s1. The molecule has 5 nitrogen and oxygen atoms in total. The Bertz CT molecular complexity index is 759. The fraction of sp³-hybridized carbons (Fsp3) is 0.429. The van der Waals surface area contributed by atoms with Gasteiger partial charge in [-0.2, -0.15) is 4.31 Å². The lowest BCUT2D eigenvalue weighted by Gasteiger charge is -2.30. The highest BCUT2D eigenvalue weighted by Gasteiger charge is 2.32. The van der Waals surface area contributed by atoms with Gasteiger partial charge in [-0.05, 0) is 44.0 Å². The van der Waals surface area contributed by atoms with Gasteiger partial charge in [0.25, 0.3) is 0 Å². The number of halogens is 1. The van der Waals surface area contributed by atoms with E-state index in [9.17, 15) is 12.8 Å². The first-order valence-corrected chi connectivity index (χ1v) is 9.28. The maximum absolute atomic E-state index is 13.0. The van der Waals surface area contributed by atoms with Gasteiger partial charge in [0.1, 0.15) is 15.8 Å². The predicted molar refractivity (Wildman–Crippen MR) is 81.8 cm³/mol. The molecule has 3 rings (SSSR count). The van der Waals surface area contributed by atoms with Crippen molar-refractivity contribution in [3.63, 3.8) is 0 Å². The molecule has 0 spiro atoms. The molecule has 1 unspecified atom stereocenters. The van der Waals surface area contributed by atoms with Crippen LogP contribution in [0.15, 0.2) is 29.2 Å². The Morgan fingerprint density at radius 2 is 2.00 bits per heavy atom. The number of piperidine rings is 1. The Morgan fingerprint density at radius 3 is 2.64 bits per heavy atom. The van der Waals surface area contributed by atoms with E-state index in [0.29, 0.717) is 13.1 Å². The van der Waals surface area contributed by atoms with E-state index in [1.165, 1.54) is 39.9 Å². The fourth-order valence-corrected chi connectivity index (χ4v) is 4.94. The van der Waals surface area contributed by atoms with E-state index in [4.69, 9.17) is 0 Å². The third kappa shape index (κ3) is 3.04. The summed E-state index contributed by atoms with van der Waals surface area (Å²) >= 11 is 1.51. The fourth-order valence-electron chi connectivity index (χ4n) is 2.59. The Labute approximate surface area is 132 Å². The summed E-state index contributed by atoms with van der Waals surface area (Å²) in [4.78, 5) is 0.128. The van der Waals surface area contributed by atoms with Crippen LogP contribution in [0.5, 0.6) is 0 Å². The monoisotopic (exact) mass is 341 g/mol. The largest absolute Gasteiger partial charge is 0.243 e. The molecule has 1 aromatic heterocycles. The summed E-state index contributed by atoms with van der Waals surface area (Å²) in [5.74, 6) is -0.366. The minimum absolute atomic E-state index is 0.0789. The lowest BCUT2D eigenvalue weighted by molar-refractivity contribution is 0.314. The second kappa shape index (κ2) is 6.02. The molecule has 1 aromatic carbocycles. The number of aryl methyl sites for hydroxylation is 1. The Balaban J connectivity index is 1.83. The molecule has 8 heteroatoms. The first kappa shape index (κ1) is 15.5.